The maximum Gasteiger partial charge on any atom is 0.240 e. The quantitative estimate of drug-likeness (QED) is 0.851. The van der Waals surface area contributed by atoms with Crippen molar-refractivity contribution < 1.29 is 18.4 Å². The fourth-order valence-electron chi connectivity index (χ4n) is 2.17. The number of nitrogens with two attached hydrogens (primary N) is 1. The Hall–Kier alpha value is -2.76. The minimum absolute atomic E-state index is 0.0783. The van der Waals surface area contributed by atoms with Crippen molar-refractivity contribution in [2.24, 2.45) is 5.73 Å². The lowest BCUT2D eigenvalue weighted by Gasteiger charge is -2.16. The highest BCUT2D eigenvalue weighted by atomic mass is 19.1. The van der Waals surface area contributed by atoms with E-state index in [1.165, 1.54) is 0 Å². The van der Waals surface area contributed by atoms with E-state index < -0.39 is 29.5 Å². The molecule has 0 spiro atoms. The van der Waals surface area contributed by atoms with E-state index in [1.54, 1.807) is 24.3 Å². The Morgan fingerprint density at radius 2 is 1.78 bits per heavy atom. The van der Waals surface area contributed by atoms with Crippen molar-refractivity contribution in [3.05, 3.63) is 71.3 Å². The molecule has 0 aromatic heterocycles. The van der Waals surface area contributed by atoms with E-state index in [2.05, 4.69) is 5.32 Å². The summed E-state index contributed by atoms with van der Waals surface area (Å²) >= 11 is 0. The summed E-state index contributed by atoms with van der Waals surface area (Å²) in [5, 5.41) is 2.46. The number of hydrogen-bond donors (Lipinski definition) is 2. The fraction of sp³-hybridized carbons (Fsp3) is 0.176. The Morgan fingerprint density at radius 3 is 2.43 bits per heavy atom. The minimum Gasteiger partial charge on any atom is -0.368 e. The van der Waals surface area contributed by atoms with Crippen LogP contribution in [0.4, 0.5) is 8.78 Å². The highest BCUT2D eigenvalue weighted by Crippen LogP contribution is 2.11. The molecule has 2 amide bonds. The summed E-state index contributed by atoms with van der Waals surface area (Å²) in [5.74, 6) is -2.61. The van der Waals surface area contributed by atoms with Crippen LogP contribution in [0.5, 0.6) is 0 Å². The molecule has 2 rings (SSSR count). The van der Waals surface area contributed by atoms with Gasteiger partial charge in [0.05, 0.1) is 6.42 Å². The molecule has 0 saturated heterocycles. The molecule has 0 fully saturated rings. The molecule has 0 saturated carbocycles. The number of primary amides is 1. The molecule has 6 heteroatoms. The second kappa shape index (κ2) is 7.49. The molecule has 23 heavy (non-hydrogen) atoms. The lowest BCUT2D eigenvalue weighted by Crippen LogP contribution is -2.46. The third-order valence-corrected chi connectivity index (χ3v) is 3.32. The van der Waals surface area contributed by atoms with Gasteiger partial charge in [-0.25, -0.2) is 8.78 Å². The minimum atomic E-state index is -0.915. The monoisotopic (exact) mass is 318 g/mol. The Labute approximate surface area is 132 Å². The molecule has 120 valence electrons. The van der Waals surface area contributed by atoms with Crippen LogP contribution in [0.25, 0.3) is 0 Å². The molecular formula is C17H16F2N2O2. The lowest BCUT2D eigenvalue weighted by atomic mass is 10.0. The zero-order valence-corrected chi connectivity index (χ0v) is 12.3. The van der Waals surface area contributed by atoms with Gasteiger partial charge >= 0.3 is 0 Å². The topological polar surface area (TPSA) is 72.2 Å². The van der Waals surface area contributed by atoms with Gasteiger partial charge in [0.2, 0.25) is 11.8 Å². The average Bonchev–Trinajstić information content (AvgIpc) is 2.51. The van der Waals surface area contributed by atoms with Gasteiger partial charge in [0.1, 0.15) is 17.7 Å². The predicted octanol–water partition coefficient (Wildman–Crippen LogP) is 1.72. The first kappa shape index (κ1) is 16.6. The van der Waals surface area contributed by atoms with E-state index in [-0.39, 0.29) is 18.4 Å². The van der Waals surface area contributed by atoms with Gasteiger partial charge in [0.25, 0.3) is 0 Å². The van der Waals surface area contributed by atoms with Crippen LogP contribution >= 0.6 is 0 Å². The number of amides is 2. The van der Waals surface area contributed by atoms with Crippen LogP contribution in [0.2, 0.25) is 0 Å². The van der Waals surface area contributed by atoms with E-state index in [0.29, 0.717) is 0 Å². The SMILES string of the molecule is NC(=O)[C@@H](Cc1ccccc1)NC(=O)Cc1cc(F)ccc1F. The van der Waals surface area contributed by atoms with Crippen molar-refractivity contribution in [2.75, 3.05) is 0 Å². The van der Waals surface area contributed by atoms with Gasteiger partial charge in [-0.05, 0) is 23.8 Å². The molecule has 0 unspecified atom stereocenters. The maximum absolute atomic E-state index is 13.5. The summed E-state index contributed by atoms with van der Waals surface area (Å²) in [7, 11) is 0. The van der Waals surface area contributed by atoms with Crippen molar-refractivity contribution in [2.45, 2.75) is 18.9 Å². The van der Waals surface area contributed by atoms with Crippen molar-refractivity contribution >= 4 is 11.8 Å². The zero-order chi connectivity index (χ0) is 16.8. The molecule has 2 aromatic carbocycles. The van der Waals surface area contributed by atoms with E-state index >= 15 is 0 Å². The van der Waals surface area contributed by atoms with Crippen molar-refractivity contribution in [1.82, 2.24) is 5.32 Å². The molecule has 0 bridgehead atoms. The van der Waals surface area contributed by atoms with Gasteiger partial charge in [-0.15, -0.1) is 0 Å². The molecule has 2 aromatic rings. The Balaban J connectivity index is 2.03. The first-order valence-corrected chi connectivity index (χ1v) is 7.02. The number of rotatable bonds is 6. The van der Waals surface area contributed by atoms with Crippen LogP contribution in [-0.4, -0.2) is 17.9 Å². The second-order valence-corrected chi connectivity index (χ2v) is 5.12. The molecule has 1 atom stereocenters. The first-order chi connectivity index (χ1) is 11.0. The third-order valence-electron chi connectivity index (χ3n) is 3.32. The van der Waals surface area contributed by atoms with Gasteiger partial charge in [-0.2, -0.15) is 0 Å². The van der Waals surface area contributed by atoms with Gasteiger partial charge < -0.3 is 11.1 Å². The molecule has 4 nitrogen and oxygen atoms in total. The molecule has 0 radical (unpaired) electrons. The van der Waals surface area contributed by atoms with Gasteiger partial charge in [-0.1, -0.05) is 30.3 Å². The van der Waals surface area contributed by atoms with Crippen LogP contribution in [0.1, 0.15) is 11.1 Å². The third kappa shape index (κ3) is 4.88. The summed E-state index contributed by atoms with van der Waals surface area (Å²) in [5.41, 5.74) is 6.04. The zero-order valence-electron chi connectivity index (χ0n) is 12.3. The summed E-state index contributed by atoms with van der Waals surface area (Å²) in [6.45, 7) is 0. The largest absolute Gasteiger partial charge is 0.368 e. The summed E-state index contributed by atoms with van der Waals surface area (Å²) in [4.78, 5) is 23.5. The second-order valence-electron chi connectivity index (χ2n) is 5.12. The van der Waals surface area contributed by atoms with E-state index in [9.17, 15) is 18.4 Å². The lowest BCUT2D eigenvalue weighted by molar-refractivity contribution is -0.127. The first-order valence-electron chi connectivity index (χ1n) is 7.02. The van der Waals surface area contributed by atoms with Crippen LogP contribution < -0.4 is 11.1 Å². The number of halogens is 2. The normalized spacial score (nSPS) is 11.7. The smallest absolute Gasteiger partial charge is 0.240 e. The van der Waals surface area contributed by atoms with Crippen molar-refractivity contribution in [3.8, 4) is 0 Å². The van der Waals surface area contributed by atoms with E-state index in [0.717, 1.165) is 23.8 Å². The van der Waals surface area contributed by atoms with Crippen molar-refractivity contribution in [3.63, 3.8) is 0 Å². The Kier molecular flexibility index (Phi) is 5.41. The number of benzene rings is 2. The van der Waals surface area contributed by atoms with E-state index in [4.69, 9.17) is 5.73 Å². The van der Waals surface area contributed by atoms with Crippen molar-refractivity contribution in [1.29, 1.82) is 0 Å². The Morgan fingerprint density at radius 1 is 1.09 bits per heavy atom. The van der Waals surface area contributed by atoms with E-state index in [1.807, 2.05) is 6.07 Å². The molecule has 0 aliphatic heterocycles. The van der Waals surface area contributed by atoms with Crippen LogP contribution in [-0.2, 0) is 22.4 Å². The molecular weight excluding hydrogens is 302 g/mol. The molecule has 0 heterocycles. The number of carbonyl (C=O) groups is 2. The standard InChI is InChI=1S/C17H16F2N2O2/c18-13-6-7-14(19)12(9-13)10-16(22)21-15(17(20)23)8-11-4-2-1-3-5-11/h1-7,9,15H,8,10H2,(H2,20,23)(H,21,22)/t15-/m1/s1. The molecule has 3 N–H and O–H groups in total. The maximum atomic E-state index is 13.5. The van der Waals surface area contributed by atoms with Gasteiger partial charge in [0.15, 0.2) is 0 Å². The van der Waals surface area contributed by atoms with Gasteiger partial charge in [-0.3, -0.25) is 9.59 Å². The fourth-order valence-corrected chi connectivity index (χ4v) is 2.17. The van der Waals surface area contributed by atoms with Gasteiger partial charge in [0, 0.05) is 12.0 Å². The molecule has 0 aliphatic carbocycles. The predicted molar refractivity (Wildman–Crippen MR) is 81.3 cm³/mol. The summed E-state index contributed by atoms with van der Waals surface area (Å²) in [6.07, 6.45) is -0.143. The highest BCUT2D eigenvalue weighted by Gasteiger charge is 2.19. The van der Waals surface area contributed by atoms with Crippen LogP contribution in [0.3, 0.4) is 0 Å². The molecule has 0 aliphatic rings. The van der Waals surface area contributed by atoms with Crippen LogP contribution in [0, 0.1) is 11.6 Å². The summed E-state index contributed by atoms with van der Waals surface area (Å²) in [6, 6.07) is 11.0. The average molecular weight is 318 g/mol. The highest BCUT2D eigenvalue weighted by molar-refractivity contribution is 5.87. The van der Waals surface area contributed by atoms with Crippen LogP contribution in [0.15, 0.2) is 48.5 Å². The Bertz CT molecular complexity index is 705. The summed E-state index contributed by atoms with van der Waals surface area (Å²) < 4.78 is 26.6. The number of carbonyl (C=O) groups excluding carboxylic acids is 2. The number of nitrogens with one attached hydrogen (secondary N) is 1. The number of hydrogen-bond acceptors (Lipinski definition) is 2.